The molecule has 0 radical (unpaired) electrons. The fourth-order valence-corrected chi connectivity index (χ4v) is 2.50. The molecule has 0 spiro atoms. The van der Waals surface area contributed by atoms with Gasteiger partial charge in [-0.25, -0.2) is 0 Å². The number of ether oxygens (including phenoxy) is 3. The van der Waals surface area contributed by atoms with Crippen molar-refractivity contribution in [2.24, 2.45) is 0 Å². The van der Waals surface area contributed by atoms with E-state index in [-0.39, 0.29) is 6.79 Å². The third-order valence-electron chi connectivity index (χ3n) is 3.38. The van der Waals surface area contributed by atoms with E-state index in [0.29, 0.717) is 34.5 Å². The maximum Gasteiger partial charge on any atom is 0.231 e. The first-order valence-electron chi connectivity index (χ1n) is 7.15. The smallest absolute Gasteiger partial charge is 0.231 e. The van der Waals surface area contributed by atoms with Crippen molar-refractivity contribution in [3.05, 3.63) is 52.5 Å². The number of hydrogen-bond donors (Lipinski definition) is 0. The van der Waals surface area contributed by atoms with Gasteiger partial charge in [0.2, 0.25) is 6.79 Å². The van der Waals surface area contributed by atoms with Gasteiger partial charge in [-0.3, -0.25) is 0 Å². The van der Waals surface area contributed by atoms with E-state index in [4.69, 9.17) is 25.8 Å². The van der Waals surface area contributed by atoms with Crippen LogP contribution >= 0.6 is 11.6 Å². The van der Waals surface area contributed by atoms with E-state index in [9.17, 15) is 5.26 Å². The molecule has 1 aliphatic rings. The Bertz CT molecular complexity index is 808. The first-order chi connectivity index (χ1) is 11.2. The quantitative estimate of drug-likeness (QED) is 0.611. The monoisotopic (exact) mass is 327 g/mol. The normalized spacial score (nSPS) is 12.8. The van der Waals surface area contributed by atoms with E-state index in [1.807, 2.05) is 13.0 Å². The number of nitrogens with zero attached hydrogens (tertiary/aromatic N) is 1. The molecule has 116 valence electrons. The fraction of sp³-hybridized carbons (Fsp3) is 0.167. The first kappa shape index (κ1) is 15.3. The molecule has 0 aliphatic carbocycles. The highest BCUT2D eigenvalue weighted by molar-refractivity contribution is 6.30. The van der Waals surface area contributed by atoms with Crippen LogP contribution in [0.3, 0.4) is 0 Å². The Kier molecular flexibility index (Phi) is 4.40. The summed E-state index contributed by atoms with van der Waals surface area (Å²) < 4.78 is 16.2. The van der Waals surface area contributed by atoms with Gasteiger partial charge in [-0.05, 0) is 55.0 Å². The second-order valence-electron chi connectivity index (χ2n) is 4.85. The number of allylic oxidation sites excluding steroid dienone is 1. The molecule has 0 amide bonds. The molecule has 23 heavy (non-hydrogen) atoms. The molecule has 0 fully saturated rings. The lowest BCUT2D eigenvalue weighted by Gasteiger charge is -2.08. The van der Waals surface area contributed by atoms with Crippen molar-refractivity contribution in [3.8, 4) is 23.3 Å². The van der Waals surface area contributed by atoms with Gasteiger partial charge < -0.3 is 14.2 Å². The maximum absolute atomic E-state index is 9.52. The number of halogens is 1. The average Bonchev–Trinajstić information content (AvgIpc) is 3.02. The van der Waals surface area contributed by atoms with E-state index in [1.165, 1.54) is 0 Å². The van der Waals surface area contributed by atoms with Gasteiger partial charge in [-0.15, -0.1) is 0 Å². The van der Waals surface area contributed by atoms with Crippen molar-refractivity contribution in [1.29, 1.82) is 5.26 Å². The summed E-state index contributed by atoms with van der Waals surface area (Å²) in [7, 11) is 0. The van der Waals surface area contributed by atoms with Gasteiger partial charge in [0.1, 0.15) is 5.75 Å². The second kappa shape index (κ2) is 6.64. The van der Waals surface area contributed by atoms with Crippen LogP contribution < -0.4 is 14.2 Å². The second-order valence-corrected chi connectivity index (χ2v) is 5.29. The van der Waals surface area contributed by atoms with Crippen LogP contribution in [0.2, 0.25) is 5.02 Å². The van der Waals surface area contributed by atoms with E-state index >= 15 is 0 Å². The number of hydrogen-bond acceptors (Lipinski definition) is 4. The zero-order valence-electron chi connectivity index (χ0n) is 12.5. The summed E-state index contributed by atoms with van der Waals surface area (Å²) in [5.41, 5.74) is 2.00. The zero-order chi connectivity index (χ0) is 16.2. The van der Waals surface area contributed by atoms with E-state index in [0.717, 1.165) is 11.1 Å². The van der Waals surface area contributed by atoms with Gasteiger partial charge in [0.25, 0.3) is 0 Å². The highest BCUT2D eigenvalue weighted by Gasteiger charge is 2.15. The van der Waals surface area contributed by atoms with Crippen molar-refractivity contribution in [2.75, 3.05) is 13.4 Å². The van der Waals surface area contributed by atoms with Crippen LogP contribution in [0.1, 0.15) is 18.1 Å². The molecule has 0 bridgehead atoms. The molecule has 3 rings (SSSR count). The van der Waals surface area contributed by atoms with E-state index in [1.54, 1.807) is 36.4 Å². The maximum atomic E-state index is 9.52. The predicted molar refractivity (Wildman–Crippen MR) is 88.7 cm³/mol. The SMILES string of the molecule is CCOc1ccc(Cl)cc1/C=C(/C#N)c1ccc2c(c1)OCO2. The number of rotatable bonds is 4. The summed E-state index contributed by atoms with van der Waals surface area (Å²) in [6, 6.07) is 13.0. The van der Waals surface area contributed by atoms with Crippen LogP contribution in [0, 0.1) is 11.3 Å². The van der Waals surface area contributed by atoms with E-state index in [2.05, 4.69) is 6.07 Å². The molecule has 2 aromatic carbocycles. The molecule has 0 aromatic heterocycles. The van der Waals surface area contributed by atoms with E-state index < -0.39 is 0 Å². The molecule has 1 aliphatic heterocycles. The lowest BCUT2D eigenvalue weighted by Crippen LogP contribution is -1.94. The summed E-state index contributed by atoms with van der Waals surface area (Å²) in [4.78, 5) is 0. The molecule has 5 heteroatoms. The van der Waals surface area contributed by atoms with Crippen LogP contribution in [0.5, 0.6) is 17.2 Å². The summed E-state index contributed by atoms with van der Waals surface area (Å²) in [5, 5.41) is 10.1. The molecule has 0 atom stereocenters. The highest BCUT2D eigenvalue weighted by Crippen LogP contribution is 2.35. The van der Waals surface area contributed by atoms with Gasteiger partial charge in [-0.1, -0.05) is 11.6 Å². The average molecular weight is 328 g/mol. The van der Waals surface area contributed by atoms with Crippen LogP contribution in [0.15, 0.2) is 36.4 Å². The summed E-state index contributed by atoms with van der Waals surface area (Å²) in [5.74, 6) is 2.01. The van der Waals surface area contributed by atoms with Gasteiger partial charge >= 0.3 is 0 Å². The Morgan fingerprint density at radius 2 is 2.09 bits per heavy atom. The van der Waals surface area contributed by atoms with Crippen LogP contribution in [0.4, 0.5) is 0 Å². The molecular formula is C18H14ClNO3. The predicted octanol–water partition coefficient (Wildman–Crippen LogP) is 4.53. The molecule has 0 saturated carbocycles. The summed E-state index contributed by atoms with van der Waals surface area (Å²) in [6.45, 7) is 2.65. The number of fused-ring (bicyclic) bond motifs is 1. The number of benzene rings is 2. The van der Waals surface area contributed by atoms with Crippen LogP contribution in [-0.4, -0.2) is 13.4 Å². The van der Waals surface area contributed by atoms with Gasteiger partial charge in [0.05, 0.1) is 18.2 Å². The van der Waals surface area contributed by atoms with Gasteiger partial charge in [0, 0.05) is 10.6 Å². The molecule has 0 saturated heterocycles. The molecular weight excluding hydrogens is 314 g/mol. The fourth-order valence-electron chi connectivity index (χ4n) is 2.32. The minimum absolute atomic E-state index is 0.202. The third kappa shape index (κ3) is 3.25. The molecule has 0 N–H and O–H groups in total. The highest BCUT2D eigenvalue weighted by atomic mass is 35.5. The third-order valence-corrected chi connectivity index (χ3v) is 3.61. The number of nitriles is 1. The zero-order valence-corrected chi connectivity index (χ0v) is 13.3. The van der Waals surface area contributed by atoms with Crippen molar-refractivity contribution >= 4 is 23.3 Å². The van der Waals surface area contributed by atoms with Crippen LogP contribution in [-0.2, 0) is 0 Å². The van der Waals surface area contributed by atoms with Gasteiger partial charge in [0.15, 0.2) is 11.5 Å². The van der Waals surface area contributed by atoms with Crippen molar-refractivity contribution in [3.63, 3.8) is 0 Å². The summed E-state index contributed by atoms with van der Waals surface area (Å²) in [6.07, 6.45) is 1.76. The van der Waals surface area contributed by atoms with Crippen molar-refractivity contribution in [1.82, 2.24) is 0 Å². The van der Waals surface area contributed by atoms with Crippen molar-refractivity contribution in [2.45, 2.75) is 6.92 Å². The Hall–Kier alpha value is -2.64. The lowest BCUT2D eigenvalue weighted by atomic mass is 10.0. The molecule has 1 heterocycles. The Morgan fingerprint density at radius 1 is 1.26 bits per heavy atom. The largest absolute Gasteiger partial charge is 0.493 e. The Balaban J connectivity index is 2.03. The lowest BCUT2D eigenvalue weighted by molar-refractivity contribution is 0.174. The topological polar surface area (TPSA) is 51.5 Å². The molecule has 2 aromatic rings. The first-order valence-corrected chi connectivity index (χ1v) is 7.53. The van der Waals surface area contributed by atoms with Gasteiger partial charge in [-0.2, -0.15) is 5.26 Å². The Morgan fingerprint density at radius 3 is 2.87 bits per heavy atom. The van der Waals surface area contributed by atoms with Crippen molar-refractivity contribution < 1.29 is 14.2 Å². The van der Waals surface area contributed by atoms with Crippen LogP contribution in [0.25, 0.3) is 11.6 Å². The molecule has 4 nitrogen and oxygen atoms in total. The minimum atomic E-state index is 0.202. The molecule has 0 unspecified atom stereocenters. The minimum Gasteiger partial charge on any atom is -0.493 e. The summed E-state index contributed by atoms with van der Waals surface area (Å²) >= 11 is 6.06. The standard InChI is InChI=1S/C18H14ClNO3/c1-2-21-16-6-4-15(19)8-13(16)7-14(10-20)12-3-5-17-18(9-12)23-11-22-17/h3-9H,2,11H2,1H3/b14-7-. The Labute approximate surface area is 139 Å².